The molecular formula is C18H31NO3S. The molecule has 5 heteroatoms. The zero-order valence-electron chi connectivity index (χ0n) is 14.9. The summed E-state index contributed by atoms with van der Waals surface area (Å²) in [5, 5.41) is 3.05. The fraction of sp³-hybridized carbons (Fsp3) is 0.944. The molecule has 4 saturated carbocycles. The normalized spacial score (nSPS) is 37.7. The van der Waals surface area contributed by atoms with Crippen molar-refractivity contribution in [2.75, 3.05) is 5.75 Å². The maximum atomic E-state index is 12.3. The van der Waals surface area contributed by atoms with Gasteiger partial charge in [0.2, 0.25) is 5.91 Å². The minimum atomic E-state index is -3.41. The van der Waals surface area contributed by atoms with Crippen LogP contribution in [0.4, 0.5) is 0 Å². The van der Waals surface area contributed by atoms with Gasteiger partial charge in [0.05, 0.1) is 4.75 Å². The summed E-state index contributed by atoms with van der Waals surface area (Å²) in [5.74, 6) is 1.77. The summed E-state index contributed by atoms with van der Waals surface area (Å²) >= 11 is 0. The molecule has 1 amide bonds. The van der Waals surface area contributed by atoms with E-state index in [-0.39, 0.29) is 17.4 Å². The predicted octanol–water partition coefficient (Wildman–Crippen LogP) is 2.92. The smallest absolute Gasteiger partial charge is 0.235 e. The lowest BCUT2D eigenvalue weighted by molar-refractivity contribution is -0.123. The third-order valence-corrected chi connectivity index (χ3v) is 9.14. The molecule has 23 heavy (non-hydrogen) atoms. The van der Waals surface area contributed by atoms with E-state index in [0.717, 1.165) is 17.8 Å². The van der Waals surface area contributed by atoms with Crippen LogP contribution in [-0.2, 0) is 14.6 Å². The Labute approximate surface area is 140 Å². The molecule has 0 heterocycles. The summed E-state index contributed by atoms with van der Waals surface area (Å²) in [7, 11) is -3.41. The van der Waals surface area contributed by atoms with Gasteiger partial charge in [-0.15, -0.1) is 0 Å². The van der Waals surface area contributed by atoms with Crippen LogP contribution in [0.15, 0.2) is 0 Å². The highest BCUT2D eigenvalue weighted by Gasteiger charge is 2.53. The lowest BCUT2D eigenvalue weighted by Crippen LogP contribution is -2.56. The maximum Gasteiger partial charge on any atom is 0.235 e. The minimum absolute atomic E-state index is 0.0820. The molecule has 4 fully saturated rings. The van der Waals surface area contributed by atoms with Crippen molar-refractivity contribution < 1.29 is 13.2 Å². The molecule has 0 aromatic rings. The van der Waals surface area contributed by atoms with Gasteiger partial charge in [0.25, 0.3) is 0 Å². The van der Waals surface area contributed by atoms with Crippen molar-refractivity contribution in [3.63, 3.8) is 0 Å². The average Bonchev–Trinajstić information content (AvgIpc) is 2.34. The van der Waals surface area contributed by atoms with E-state index < -0.39 is 20.3 Å². The number of hydrogen-bond acceptors (Lipinski definition) is 3. The first-order valence-electron chi connectivity index (χ1n) is 9.02. The van der Waals surface area contributed by atoms with Gasteiger partial charge < -0.3 is 5.32 Å². The Kier molecular flexibility index (Phi) is 4.10. The highest BCUT2D eigenvalue weighted by molar-refractivity contribution is 7.93. The van der Waals surface area contributed by atoms with Crippen LogP contribution in [0.1, 0.15) is 66.2 Å². The SMILES string of the molecule is C[C@@H](NC(=O)CS(=O)(=O)C(C)(C)C)C12CC3CC(CC(C3)C1)C2. The Hall–Kier alpha value is -0.580. The molecule has 4 aliphatic carbocycles. The molecule has 132 valence electrons. The first-order chi connectivity index (χ1) is 10.5. The molecule has 1 N–H and O–H groups in total. The second-order valence-corrected chi connectivity index (χ2v) is 12.2. The fourth-order valence-electron chi connectivity index (χ4n) is 5.53. The molecule has 0 aromatic carbocycles. The van der Waals surface area contributed by atoms with E-state index in [0.29, 0.717) is 0 Å². The van der Waals surface area contributed by atoms with Crippen LogP contribution in [-0.4, -0.2) is 30.9 Å². The summed E-state index contributed by atoms with van der Waals surface area (Å²) in [4.78, 5) is 12.3. The minimum Gasteiger partial charge on any atom is -0.352 e. The number of carbonyl (C=O) groups is 1. The number of hydrogen-bond donors (Lipinski definition) is 1. The number of rotatable bonds is 4. The highest BCUT2D eigenvalue weighted by atomic mass is 32.2. The molecule has 0 aromatic heterocycles. The number of amides is 1. The molecule has 0 spiro atoms. The lowest BCUT2D eigenvalue weighted by Gasteiger charge is -2.59. The average molecular weight is 342 g/mol. The molecule has 4 rings (SSSR count). The van der Waals surface area contributed by atoms with Crippen molar-refractivity contribution in [3.8, 4) is 0 Å². The molecule has 0 aliphatic heterocycles. The van der Waals surface area contributed by atoms with E-state index >= 15 is 0 Å². The van der Waals surface area contributed by atoms with Crippen LogP contribution in [0.25, 0.3) is 0 Å². The van der Waals surface area contributed by atoms with Crippen LogP contribution in [0.2, 0.25) is 0 Å². The van der Waals surface area contributed by atoms with Gasteiger partial charge in [-0.1, -0.05) is 0 Å². The first-order valence-corrected chi connectivity index (χ1v) is 10.7. The van der Waals surface area contributed by atoms with E-state index in [4.69, 9.17) is 0 Å². The summed E-state index contributed by atoms with van der Waals surface area (Å²) in [6.07, 6.45) is 7.76. The number of nitrogens with one attached hydrogen (secondary N) is 1. The number of carbonyl (C=O) groups excluding carboxylic acids is 1. The summed E-state index contributed by atoms with van der Waals surface area (Å²) < 4.78 is 23.6. The van der Waals surface area contributed by atoms with Crippen molar-refractivity contribution in [2.24, 2.45) is 23.2 Å². The van der Waals surface area contributed by atoms with Crippen LogP contribution in [0.5, 0.6) is 0 Å². The van der Waals surface area contributed by atoms with E-state index in [2.05, 4.69) is 12.2 Å². The van der Waals surface area contributed by atoms with Gasteiger partial charge in [-0.3, -0.25) is 4.79 Å². The van der Waals surface area contributed by atoms with Gasteiger partial charge in [0, 0.05) is 6.04 Å². The van der Waals surface area contributed by atoms with Gasteiger partial charge >= 0.3 is 0 Å². The zero-order chi connectivity index (χ0) is 17.0. The molecule has 0 radical (unpaired) electrons. The summed E-state index contributed by atoms with van der Waals surface area (Å²) in [5.41, 5.74) is 0.218. The first kappa shape index (κ1) is 17.2. The van der Waals surface area contributed by atoms with E-state index in [1.54, 1.807) is 20.8 Å². The molecule has 0 unspecified atom stereocenters. The van der Waals surface area contributed by atoms with Crippen LogP contribution >= 0.6 is 0 Å². The lowest BCUT2D eigenvalue weighted by atomic mass is 9.48. The summed E-state index contributed by atoms with van der Waals surface area (Å²) in [6, 6.07) is 0.0820. The standard InChI is InChI=1S/C18H31NO3S/c1-12(19-16(20)11-23(21,22)17(2,3)4)18-8-13-5-14(9-18)7-15(6-13)10-18/h12-15H,5-11H2,1-4H3,(H,19,20)/t12-,13?,14?,15?,18?/m1/s1. The second kappa shape index (κ2) is 5.47. The van der Waals surface area contributed by atoms with E-state index in [1.807, 2.05) is 0 Å². The molecule has 4 bridgehead atoms. The van der Waals surface area contributed by atoms with Crippen molar-refractivity contribution in [2.45, 2.75) is 77.0 Å². The van der Waals surface area contributed by atoms with Crippen molar-refractivity contribution in [3.05, 3.63) is 0 Å². The Morgan fingerprint density at radius 2 is 1.52 bits per heavy atom. The molecule has 4 aliphatic rings. The Bertz CT molecular complexity index is 553. The van der Waals surface area contributed by atoms with Gasteiger partial charge in [-0.05, 0) is 89.4 Å². The molecule has 4 nitrogen and oxygen atoms in total. The van der Waals surface area contributed by atoms with Gasteiger partial charge in [0.1, 0.15) is 5.75 Å². The zero-order valence-corrected chi connectivity index (χ0v) is 15.7. The van der Waals surface area contributed by atoms with E-state index in [9.17, 15) is 13.2 Å². The van der Waals surface area contributed by atoms with Crippen molar-refractivity contribution in [1.29, 1.82) is 0 Å². The third-order valence-electron chi connectivity index (χ3n) is 6.64. The molecular weight excluding hydrogens is 310 g/mol. The second-order valence-electron chi connectivity index (χ2n) is 9.44. The monoisotopic (exact) mass is 341 g/mol. The molecule has 0 saturated heterocycles. The topological polar surface area (TPSA) is 63.2 Å². The molecule has 1 atom stereocenters. The van der Waals surface area contributed by atoms with E-state index in [1.165, 1.54) is 38.5 Å². The number of sulfone groups is 1. The van der Waals surface area contributed by atoms with Gasteiger partial charge in [-0.25, -0.2) is 8.42 Å². The van der Waals surface area contributed by atoms with Crippen molar-refractivity contribution in [1.82, 2.24) is 5.32 Å². The van der Waals surface area contributed by atoms with Gasteiger partial charge in [0.15, 0.2) is 9.84 Å². The van der Waals surface area contributed by atoms with Crippen LogP contribution in [0, 0.1) is 23.2 Å². The highest BCUT2D eigenvalue weighted by Crippen LogP contribution is 2.61. The Morgan fingerprint density at radius 1 is 1.09 bits per heavy atom. The summed E-state index contributed by atoms with van der Waals surface area (Å²) in [6.45, 7) is 7.04. The van der Waals surface area contributed by atoms with Gasteiger partial charge in [-0.2, -0.15) is 0 Å². The quantitative estimate of drug-likeness (QED) is 0.855. The Balaban J connectivity index is 1.65. The predicted molar refractivity (Wildman–Crippen MR) is 91.7 cm³/mol. The van der Waals surface area contributed by atoms with Crippen molar-refractivity contribution >= 4 is 15.7 Å². The largest absolute Gasteiger partial charge is 0.352 e. The maximum absolute atomic E-state index is 12.3. The third kappa shape index (κ3) is 3.18. The fourth-order valence-corrected chi connectivity index (χ4v) is 6.39. The Morgan fingerprint density at radius 3 is 1.91 bits per heavy atom. The van der Waals surface area contributed by atoms with Crippen LogP contribution < -0.4 is 5.32 Å². The van der Waals surface area contributed by atoms with Crippen LogP contribution in [0.3, 0.4) is 0 Å².